The molecule has 1 aliphatic heterocycles. The number of nitrogens with zero attached hydrogens (tertiary/aromatic N) is 1. The van der Waals surface area contributed by atoms with Gasteiger partial charge in [0.05, 0.1) is 0 Å². The van der Waals surface area contributed by atoms with Crippen LogP contribution in [-0.2, 0) is 18.5 Å². The van der Waals surface area contributed by atoms with Crippen molar-refractivity contribution in [2.24, 2.45) is 10.7 Å². The molecule has 0 spiro atoms. The molecule has 0 fully saturated rings. The molecule has 0 saturated carbocycles. The van der Waals surface area contributed by atoms with E-state index in [9.17, 15) is 13.2 Å². The molecule has 0 bridgehead atoms. The molecule has 2 N–H and O–H groups in total. The Morgan fingerprint density at radius 1 is 1.09 bits per heavy atom. The summed E-state index contributed by atoms with van der Waals surface area (Å²) in [5.41, 5.74) is 5.68. The fourth-order valence-corrected chi connectivity index (χ4v) is 2.79. The fourth-order valence-electron chi connectivity index (χ4n) is 2.79. The second kappa shape index (κ2) is 5.25. The van der Waals surface area contributed by atoms with Crippen LogP contribution in [0.3, 0.4) is 0 Å². The van der Waals surface area contributed by atoms with Crippen molar-refractivity contribution in [3.05, 3.63) is 70.8 Å². The Labute approximate surface area is 126 Å². The van der Waals surface area contributed by atoms with Gasteiger partial charge < -0.3 is 5.73 Å². The lowest BCUT2D eigenvalue weighted by Gasteiger charge is -2.35. The second-order valence-corrected chi connectivity index (χ2v) is 5.40. The monoisotopic (exact) mass is 304 g/mol. The van der Waals surface area contributed by atoms with E-state index < -0.39 is 11.7 Å². The quantitative estimate of drug-likeness (QED) is 0.905. The van der Waals surface area contributed by atoms with E-state index in [1.807, 2.05) is 6.07 Å². The fraction of sp³-hybridized carbons (Fsp3) is 0.235. The summed E-state index contributed by atoms with van der Waals surface area (Å²) in [6, 6.07) is 13.2. The first-order valence-corrected chi connectivity index (χ1v) is 6.96. The lowest BCUT2D eigenvalue weighted by molar-refractivity contribution is -0.188. The SMILES string of the molecule is NCc1ccc2c(c1)CC(c1ccccc1)(C(F)(F)F)N=C2. The van der Waals surface area contributed by atoms with Crippen LogP contribution in [0.2, 0.25) is 0 Å². The molecule has 0 amide bonds. The molecule has 114 valence electrons. The van der Waals surface area contributed by atoms with Crippen molar-refractivity contribution in [2.75, 3.05) is 0 Å². The van der Waals surface area contributed by atoms with Gasteiger partial charge in [-0.15, -0.1) is 0 Å². The van der Waals surface area contributed by atoms with Crippen molar-refractivity contribution in [2.45, 2.75) is 24.7 Å². The molecular formula is C17H15F3N2. The minimum absolute atomic E-state index is 0.155. The molecular weight excluding hydrogens is 289 g/mol. The van der Waals surface area contributed by atoms with Crippen LogP contribution in [0.5, 0.6) is 0 Å². The van der Waals surface area contributed by atoms with Gasteiger partial charge in [0, 0.05) is 19.2 Å². The Morgan fingerprint density at radius 3 is 2.45 bits per heavy atom. The molecule has 1 unspecified atom stereocenters. The number of hydrogen-bond donors (Lipinski definition) is 1. The maximum absolute atomic E-state index is 13.8. The summed E-state index contributed by atoms with van der Waals surface area (Å²) in [5, 5.41) is 0. The number of nitrogens with two attached hydrogens (primary N) is 1. The van der Waals surface area contributed by atoms with Crippen LogP contribution in [0.15, 0.2) is 53.5 Å². The van der Waals surface area contributed by atoms with Crippen molar-refractivity contribution in [3.63, 3.8) is 0 Å². The lowest BCUT2D eigenvalue weighted by atomic mass is 9.80. The normalized spacial score (nSPS) is 20.7. The highest BCUT2D eigenvalue weighted by Crippen LogP contribution is 2.46. The van der Waals surface area contributed by atoms with E-state index in [1.54, 1.807) is 30.3 Å². The summed E-state index contributed by atoms with van der Waals surface area (Å²) in [7, 11) is 0. The molecule has 1 atom stereocenters. The molecule has 3 rings (SSSR count). The van der Waals surface area contributed by atoms with Gasteiger partial charge in [-0.05, 0) is 22.3 Å². The van der Waals surface area contributed by atoms with E-state index in [-0.39, 0.29) is 12.0 Å². The van der Waals surface area contributed by atoms with Gasteiger partial charge in [0.1, 0.15) is 0 Å². The van der Waals surface area contributed by atoms with Crippen molar-refractivity contribution in [1.82, 2.24) is 0 Å². The maximum Gasteiger partial charge on any atom is 0.418 e. The summed E-state index contributed by atoms with van der Waals surface area (Å²) in [6.45, 7) is 0.300. The Balaban J connectivity index is 2.15. The molecule has 2 nitrogen and oxygen atoms in total. The number of hydrogen-bond acceptors (Lipinski definition) is 2. The molecule has 0 saturated heterocycles. The number of fused-ring (bicyclic) bond motifs is 1. The molecule has 22 heavy (non-hydrogen) atoms. The lowest BCUT2D eigenvalue weighted by Crippen LogP contribution is -2.44. The van der Waals surface area contributed by atoms with Crippen molar-refractivity contribution >= 4 is 6.21 Å². The minimum atomic E-state index is -4.47. The number of benzene rings is 2. The average molecular weight is 304 g/mol. The van der Waals surface area contributed by atoms with E-state index in [4.69, 9.17) is 5.73 Å². The smallest absolute Gasteiger partial charge is 0.326 e. The van der Waals surface area contributed by atoms with Gasteiger partial charge in [-0.2, -0.15) is 13.2 Å². The highest BCUT2D eigenvalue weighted by Gasteiger charge is 2.56. The molecule has 5 heteroatoms. The molecule has 1 heterocycles. The van der Waals surface area contributed by atoms with E-state index >= 15 is 0 Å². The first-order chi connectivity index (χ1) is 10.5. The largest absolute Gasteiger partial charge is 0.418 e. The maximum atomic E-state index is 13.8. The molecule has 0 aliphatic carbocycles. The minimum Gasteiger partial charge on any atom is -0.326 e. The van der Waals surface area contributed by atoms with Crippen LogP contribution in [0.1, 0.15) is 22.3 Å². The van der Waals surface area contributed by atoms with Crippen LogP contribution < -0.4 is 5.73 Å². The number of aliphatic imine (C=N–C) groups is 1. The van der Waals surface area contributed by atoms with Gasteiger partial charge in [0.2, 0.25) is 0 Å². The zero-order chi connectivity index (χ0) is 15.8. The topological polar surface area (TPSA) is 38.4 Å². The Morgan fingerprint density at radius 2 is 1.82 bits per heavy atom. The summed E-state index contributed by atoms with van der Waals surface area (Å²) in [5.74, 6) is 0. The zero-order valence-electron chi connectivity index (χ0n) is 11.8. The number of halogens is 3. The van der Waals surface area contributed by atoms with Gasteiger partial charge >= 0.3 is 6.18 Å². The molecule has 0 radical (unpaired) electrons. The van der Waals surface area contributed by atoms with Gasteiger partial charge in [-0.25, -0.2) is 0 Å². The van der Waals surface area contributed by atoms with Crippen molar-refractivity contribution in [1.29, 1.82) is 0 Å². The third kappa shape index (κ3) is 2.31. The van der Waals surface area contributed by atoms with Gasteiger partial charge in [0.15, 0.2) is 5.54 Å². The zero-order valence-corrected chi connectivity index (χ0v) is 11.8. The van der Waals surface area contributed by atoms with E-state index in [1.165, 1.54) is 18.3 Å². The number of rotatable bonds is 2. The molecule has 2 aromatic rings. The van der Waals surface area contributed by atoms with Crippen LogP contribution in [0.4, 0.5) is 13.2 Å². The Hall–Kier alpha value is -2.14. The van der Waals surface area contributed by atoms with E-state index in [0.717, 1.165) is 5.56 Å². The first kappa shape index (κ1) is 14.8. The highest BCUT2D eigenvalue weighted by molar-refractivity contribution is 5.84. The predicted molar refractivity (Wildman–Crippen MR) is 79.8 cm³/mol. The van der Waals surface area contributed by atoms with Crippen LogP contribution in [0.25, 0.3) is 0 Å². The standard InChI is InChI=1S/C17H15F3N2/c18-17(19,20)16(15-4-2-1-3-5-15)9-14-8-12(10-21)6-7-13(14)11-22-16/h1-8,11H,9-10,21H2. The molecule has 0 aromatic heterocycles. The van der Waals surface area contributed by atoms with Crippen LogP contribution >= 0.6 is 0 Å². The Bertz CT molecular complexity index is 708. The molecule has 1 aliphatic rings. The van der Waals surface area contributed by atoms with Crippen LogP contribution in [-0.4, -0.2) is 12.4 Å². The van der Waals surface area contributed by atoms with Gasteiger partial charge in [-0.3, -0.25) is 4.99 Å². The van der Waals surface area contributed by atoms with Gasteiger partial charge in [-0.1, -0.05) is 48.5 Å². The Kier molecular flexibility index (Phi) is 3.53. The van der Waals surface area contributed by atoms with E-state index in [0.29, 0.717) is 17.7 Å². The first-order valence-electron chi connectivity index (χ1n) is 6.96. The van der Waals surface area contributed by atoms with Crippen molar-refractivity contribution < 1.29 is 13.2 Å². The average Bonchev–Trinajstić information content (AvgIpc) is 2.53. The second-order valence-electron chi connectivity index (χ2n) is 5.40. The summed E-state index contributed by atoms with van der Waals surface area (Å²) in [6.07, 6.45) is -3.36. The molecule has 2 aromatic carbocycles. The third-order valence-corrected chi connectivity index (χ3v) is 4.03. The summed E-state index contributed by atoms with van der Waals surface area (Å²) >= 11 is 0. The van der Waals surface area contributed by atoms with Gasteiger partial charge in [0.25, 0.3) is 0 Å². The highest BCUT2D eigenvalue weighted by atomic mass is 19.4. The predicted octanol–water partition coefficient (Wildman–Crippen LogP) is 3.58. The number of alkyl halides is 3. The van der Waals surface area contributed by atoms with Crippen LogP contribution in [0, 0.1) is 0 Å². The summed E-state index contributed by atoms with van der Waals surface area (Å²) in [4.78, 5) is 3.92. The third-order valence-electron chi connectivity index (χ3n) is 4.03. The van der Waals surface area contributed by atoms with E-state index in [2.05, 4.69) is 4.99 Å². The summed E-state index contributed by atoms with van der Waals surface area (Å²) < 4.78 is 41.5. The van der Waals surface area contributed by atoms with Crippen molar-refractivity contribution in [3.8, 4) is 0 Å².